The van der Waals surface area contributed by atoms with E-state index in [0.717, 1.165) is 12.1 Å². The molecule has 0 saturated carbocycles. The highest BCUT2D eigenvalue weighted by atomic mass is 19.2. The van der Waals surface area contributed by atoms with Crippen LogP contribution < -0.4 is 10.5 Å². The zero-order valence-electron chi connectivity index (χ0n) is 7.40. The van der Waals surface area contributed by atoms with Gasteiger partial charge in [-0.05, 0) is 25.1 Å². The van der Waals surface area contributed by atoms with E-state index in [1.54, 1.807) is 0 Å². The van der Waals surface area contributed by atoms with Crippen LogP contribution in [0.1, 0.15) is 6.42 Å². The molecule has 0 heterocycles. The monoisotopic (exact) mass is 205 g/mol. The molecule has 0 aliphatic heterocycles. The summed E-state index contributed by atoms with van der Waals surface area (Å²) < 4.78 is 42.9. The van der Waals surface area contributed by atoms with Gasteiger partial charge >= 0.3 is 0 Å². The van der Waals surface area contributed by atoms with Crippen LogP contribution in [0.25, 0.3) is 0 Å². The van der Waals surface area contributed by atoms with Crippen LogP contribution in [0, 0.1) is 17.5 Å². The molecule has 0 spiro atoms. The summed E-state index contributed by atoms with van der Waals surface area (Å²) in [5.74, 6) is -4.34. The van der Waals surface area contributed by atoms with Gasteiger partial charge in [0.2, 0.25) is 5.82 Å². The quantitative estimate of drug-likeness (QED) is 0.601. The van der Waals surface area contributed by atoms with Crippen LogP contribution in [0.5, 0.6) is 5.75 Å². The van der Waals surface area contributed by atoms with Gasteiger partial charge in [0.25, 0.3) is 0 Å². The molecule has 1 aromatic carbocycles. The molecule has 0 saturated heterocycles. The van der Waals surface area contributed by atoms with Gasteiger partial charge < -0.3 is 10.5 Å². The van der Waals surface area contributed by atoms with Crippen molar-refractivity contribution in [1.82, 2.24) is 0 Å². The van der Waals surface area contributed by atoms with Gasteiger partial charge in [-0.15, -0.1) is 0 Å². The van der Waals surface area contributed by atoms with Crippen LogP contribution in [0.2, 0.25) is 0 Å². The molecule has 0 radical (unpaired) electrons. The molecule has 1 rings (SSSR count). The van der Waals surface area contributed by atoms with Gasteiger partial charge in [-0.1, -0.05) is 0 Å². The van der Waals surface area contributed by atoms with Crippen molar-refractivity contribution in [3.8, 4) is 5.75 Å². The lowest BCUT2D eigenvalue weighted by atomic mass is 10.3. The third-order valence-corrected chi connectivity index (χ3v) is 1.61. The molecule has 5 heteroatoms. The first-order chi connectivity index (χ1) is 6.66. The Balaban J connectivity index is 2.73. The zero-order chi connectivity index (χ0) is 10.6. The summed E-state index contributed by atoms with van der Waals surface area (Å²) in [4.78, 5) is 0. The topological polar surface area (TPSA) is 35.2 Å². The largest absolute Gasteiger partial charge is 0.490 e. The highest BCUT2D eigenvalue weighted by Gasteiger charge is 2.13. The first-order valence-electron chi connectivity index (χ1n) is 4.13. The highest BCUT2D eigenvalue weighted by molar-refractivity contribution is 5.26. The van der Waals surface area contributed by atoms with E-state index in [9.17, 15) is 13.2 Å². The molecule has 0 amide bonds. The Bertz CT molecular complexity index is 317. The summed E-state index contributed by atoms with van der Waals surface area (Å²) in [5, 5.41) is 0. The Labute approximate surface area is 79.5 Å². The molecule has 2 N–H and O–H groups in total. The Kier molecular flexibility index (Phi) is 3.76. The number of hydrogen-bond acceptors (Lipinski definition) is 2. The first-order valence-corrected chi connectivity index (χ1v) is 4.13. The molecule has 78 valence electrons. The Morgan fingerprint density at radius 1 is 1.14 bits per heavy atom. The van der Waals surface area contributed by atoms with E-state index in [1.807, 2.05) is 0 Å². The Hall–Kier alpha value is -1.23. The average Bonchev–Trinajstić information content (AvgIpc) is 2.18. The predicted molar refractivity (Wildman–Crippen MR) is 45.5 cm³/mol. The minimum absolute atomic E-state index is 0.179. The SMILES string of the molecule is NCCCOc1ccc(F)c(F)c1F. The van der Waals surface area contributed by atoms with Gasteiger partial charge in [-0.3, -0.25) is 0 Å². The molecule has 0 atom stereocenters. The summed E-state index contributed by atoms with van der Waals surface area (Å²) in [6.07, 6.45) is 0.526. The van der Waals surface area contributed by atoms with Crippen molar-refractivity contribution >= 4 is 0 Å². The van der Waals surface area contributed by atoms with Gasteiger partial charge in [0.05, 0.1) is 6.61 Å². The fraction of sp³-hybridized carbons (Fsp3) is 0.333. The second-order valence-electron chi connectivity index (χ2n) is 2.66. The lowest BCUT2D eigenvalue weighted by Crippen LogP contribution is -2.07. The predicted octanol–water partition coefficient (Wildman–Crippen LogP) is 1.83. The molecule has 0 aliphatic carbocycles. The van der Waals surface area contributed by atoms with E-state index in [-0.39, 0.29) is 12.4 Å². The lowest BCUT2D eigenvalue weighted by Gasteiger charge is -2.06. The smallest absolute Gasteiger partial charge is 0.203 e. The number of halogens is 3. The van der Waals surface area contributed by atoms with Crippen LogP contribution in [0.3, 0.4) is 0 Å². The lowest BCUT2D eigenvalue weighted by molar-refractivity contribution is 0.288. The van der Waals surface area contributed by atoms with E-state index in [0.29, 0.717) is 13.0 Å². The highest BCUT2D eigenvalue weighted by Crippen LogP contribution is 2.21. The molecule has 0 bridgehead atoms. The van der Waals surface area contributed by atoms with Crippen molar-refractivity contribution in [1.29, 1.82) is 0 Å². The first kappa shape index (κ1) is 10.8. The van der Waals surface area contributed by atoms with Crippen LogP contribution in [0.15, 0.2) is 12.1 Å². The normalized spacial score (nSPS) is 10.3. The Morgan fingerprint density at radius 2 is 1.86 bits per heavy atom. The minimum atomic E-state index is -1.52. The second kappa shape index (κ2) is 4.85. The molecule has 0 fully saturated rings. The Morgan fingerprint density at radius 3 is 2.50 bits per heavy atom. The van der Waals surface area contributed by atoms with Crippen LogP contribution in [-0.2, 0) is 0 Å². The van der Waals surface area contributed by atoms with Crippen molar-refractivity contribution in [3.05, 3.63) is 29.6 Å². The standard InChI is InChI=1S/C9H10F3NO/c10-6-2-3-7(9(12)8(6)11)14-5-1-4-13/h2-3H,1,4-5,13H2. The van der Waals surface area contributed by atoms with E-state index in [1.165, 1.54) is 0 Å². The summed E-state index contributed by atoms with van der Waals surface area (Å²) >= 11 is 0. The summed E-state index contributed by atoms with van der Waals surface area (Å²) in [5.41, 5.74) is 5.18. The molecule has 2 nitrogen and oxygen atoms in total. The zero-order valence-corrected chi connectivity index (χ0v) is 7.40. The third kappa shape index (κ3) is 2.38. The van der Waals surface area contributed by atoms with Gasteiger partial charge in [0, 0.05) is 0 Å². The van der Waals surface area contributed by atoms with Crippen LogP contribution >= 0.6 is 0 Å². The van der Waals surface area contributed by atoms with E-state index in [4.69, 9.17) is 10.5 Å². The van der Waals surface area contributed by atoms with Crippen LogP contribution in [0.4, 0.5) is 13.2 Å². The summed E-state index contributed by atoms with van der Waals surface area (Å²) in [7, 11) is 0. The molecular weight excluding hydrogens is 195 g/mol. The number of benzene rings is 1. The fourth-order valence-electron chi connectivity index (χ4n) is 0.885. The van der Waals surface area contributed by atoms with Crippen molar-refractivity contribution in [2.75, 3.05) is 13.2 Å². The van der Waals surface area contributed by atoms with Crippen molar-refractivity contribution in [3.63, 3.8) is 0 Å². The molecule has 0 unspecified atom stereocenters. The molecular formula is C9H10F3NO. The summed E-state index contributed by atoms with van der Waals surface area (Å²) in [6, 6.07) is 1.86. The van der Waals surface area contributed by atoms with Gasteiger partial charge in [0.1, 0.15) is 0 Å². The molecule has 0 aliphatic rings. The number of hydrogen-bond donors (Lipinski definition) is 1. The van der Waals surface area contributed by atoms with Crippen molar-refractivity contribution in [2.45, 2.75) is 6.42 Å². The van der Waals surface area contributed by atoms with Crippen LogP contribution in [-0.4, -0.2) is 13.2 Å². The third-order valence-electron chi connectivity index (χ3n) is 1.61. The van der Waals surface area contributed by atoms with Gasteiger partial charge in [-0.2, -0.15) is 4.39 Å². The van der Waals surface area contributed by atoms with Gasteiger partial charge in [0.15, 0.2) is 17.4 Å². The number of rotatable bonds is 4. The maximum absolute atomic E-state index is 12.9. The van der Waals surface area contributed by atoms with Crippen molar-refractivity contribution in [2.24, 2.45) is 5.73 Å². The average molecular weight is 205 g/mol. The fourth-order valence-corrected chi connectivity index (χ4v) is 0.885. The van der Waals surface area contributed by atoms with E-state index in [2.05, 4.69) is 0 Å². The molecule has 1 aromatic rings. The van der Waals surface area contributed by atoms with Gasteiger partial charge in [-0.25, -0.2) is 8.78 Å². The minimum Gasteiger partial charge on any atom is -0.490 e. The maximum atomic E-state index is 12.9. The van der Waals surface area contributed by atoms with E-state index >= 15 is 0 Å². The second-order valence-corrected chi connectivity index (χ2v) is 2.66. The summed E-state index contributed by atoms with van der Waals surface area (Å²) in [6.45, 7) is 0.573. The maximum Gasteiger partial charge on any atom is 0.203 e. The van der Waals surface area contributed by atoms with E-state index < -0.39 is 17.5 Å². The molecule has 0 aromatic heterocycles. The molecule has 14 heavy (non-hydrogen) atoms. The number of nitrogens with two attached hydrogens (primary N) is 1. The van der Waals surface area contributed by atoms with Crippen molar-refractivity contribution < 1.29 is 17.9 Å². The number of ether oxygens (including phenoxy) is 1.